The van der Waals surface area contributed by atoms with Crippen molar-refractivity contribution < 1.29 is 4.74 Å². The minimum absolute atomic E-state index is 0.0408. The van der Waals surface area contributed by atoms with Crippen LogP contribution in [0.1, 0.15) is 32.3 Å². The zero-order valence-electron chi connectivity index (χ0n) is 13.1. The summed E-state index contributed by atoms with van der Waals surface area (Å²) in [5.74, 6) is 0. The lowest BCUT2D eigenvalue weighted by Gasteiger charge is -2.37. The predicted molar refractivity (Wildman–Crippen MR) is 83.9 cm³/mol. The lowest BCUT2D eigenvalue weighted by Crippen LogP contribution is -2.48. The van der Waals surface area contributed by atoms with E-state index in [2.05, 4.69) is 54.4 Å². The highest BCUT2D eigenvalue weighted by molar-refractivity contribution is 5.24. The van der Waals surface area contributed by atoms with Crippen LogP contribution in [0.2, 0.25) is 0 Å². The molecule has 1 aromatic carbocycles. The molecule has 2 rings (SSSR count). The van der Waals surface area contributed by atoms with Crippen LogP contribution in [-0.2, 0) is 10.3 Å². The lowest BCUT2D eigenvalue weighted by atomic mass is 9.91. The van der Waals surface area contributed by atoms with Crippen LogP contribution in [0.4, 0.5) is 0 Å². The van der Waals surface area contributed by atoms with Gasteiger partial charge in [0, 0.05) is 26.3 Å². The smallest absolute Gasteiger partial charge is 0.0535 e. The summed E-state index contributed by atoms with van der Waals surface area (Å²) in [5, 5.41) is 3.74. The van der Waals surface area contributed by atoms with E-state index in [9.17, 15) is 0 Å². The number of hydrogen-bond donors (Lipinski definition) is 1. The van der Waals surface area contributed by atoms with Gasteiger partial charge in [-0.05, 0) is 45.3 Å². The van der Waals surface area contributed by atoms with Crippen LogP contribution in [0.15, 0.2) is 30.3 Å². The van der Waals surface area contributed by atoms with Crippen LogP contribution in [0.5, 0.6) is 0 Å². The van der Waals surface area contributed by atoms with E-state index in [1.54, 1.807) is 7.11 Å². The van der Waals surface area contributed by atoms with Crippen molar-refractivity contribution in [1.82, 2.24) is 10.2 Å². The Bertz CT molecular complexity index is 395. The molecule has 0 spiro atoms. The van der Waals surface area contributed by atoms with Crippen LogP contribution < -0.4 is 5.32 Å². The van der Waals surface area contributed by atoms with E-state index in [0.717, 1.165) is 26.1 Å². The molecule has 2 unspecified atom stereocenters. The molecule has 1 aliphatic heterocycles. The molecule has 1 saturated heterocycles. The highest BCUT2D eigenvalue weighted by atomic mass is 16.5. The third kappa shape index (κ3) is 3.81. The maximum absolute atomic E-state index is 5.23. The van der Waals surface area contributed by atoms with E-state index in [0.29, 0.717) is 6.04 Å². The Morgan fingerprint density at radius 3 is 2.80 bits per heavy atom. The minimum Gasteiger partial charge on any atom is -0.385 e. The van der Waals surface area contributed by atoms with Crippen molar-refractivity contribution in [3.8, 4) is 0 Å². The summed E-state index contributed by atoms with van der Waals surface area (Å²) in [5.41, 5.74) is 1.42. The predicted octanol–water partition coefficient (Wildman–Crippen LogP) is 2.62. The first-order chi connectivity index (χ1) is 9.65. The molecule has 0 radical (unpaired) electrons. The van der Waals surface area contributed by atoms with E-state index in [1.807, 2.05) is 0 Å². The molecule has 3 heteroatoms. The lowest BCUT2D eigenvalue weighted by molar-refractivity contribution is 0.123. The molecule has 1 fully saturated rings. The second kappa shape index (κ2) is 7.21. The summed E-state index contributed by atoms with van der Waals surface area (Å²) < 4.78 is 5.23. The first-order valence-corrected chi connectivity index (χ1v) is 7.69. The van der Waals surface area contributed by atoms with Gasteiger partial charge in [-0.25, -0.2) is 0 Å². The van der Waals surface area contributed by atoms with Crippen molar-refractivity contribution >= 4 is 0 Å². The number of hydrogen-bond acceptors (Lipinski definition) is 3. The Morgan fingerprint density at radius 1 is 1.35 bits per heavy atom. The number of nitrogens with zero attached hydrogens (tertiary/aromatic N) is 1. The molecule has 1 heterocycles. The van der Waals surface area contributed by atoms with Gasteiger partial charge in [-0.15, -0.1) is 0 Å². The molecule has 0 bridgehead atoms. The Morgan fingerprint density at radius 2 is 2.10 bits per heavy atom. The summed E-state index contributed by atoms with van der Waals surface area (Å²) in [6.07, 6.45) is 2.31. The molecule has 3 nitrogen and oxygen atoms in total. The molecule has 0 amide bonds. The summed E-state index contributed by atoms with van der Waals surface area (Å²) >= 11 is 0. The summed E-state index contributed by atoms with van der Waals surface area (Å²) in [4.78, 5) is 2.60. The molecule has 0 aromatic heterocycles. The Labute approximate surface area is 123 Å². The Balaban J connectivity index is 2.10. The fourth-order valence-corrected chi connectivity index (χ4v) is 3.03. The zero-order chi connectivity index (χ0) is 14.4. The quantitative estimate of drug-likeness (QED) is 0.895. The third-order valence-corrected chi connectivity index (χ3v) is 4.43. The van der Waals surface area contributed by atoms with E-state index in [4.69, 9.17) is 4.74 Å². The molecule has 1 aromatic rings. The molecule has 1 N–H and O–H groups in total. The van der Waals surface area contributed by atoms with Crippen LogP contribution in [0, 0.1) is 0 Å². The van der Waals surface area contributed by atoms with E-state index < -0.39 is 0 Å². The molecular weight excluding hydrogens is 248 g/mol. The molecule has 1 aliphatic rings. The zero-order valence-corrected chi connectivity index (χ0v) is 13.1. The topological polar surface area (TPSA) is 24.5 Å². The SMILES string of the molecule is COCCC(C)N1CCCNC(C)(c2ccccc2)C1. The van der Waals surface area contributed by atoms with Crippen molar-refractivity contribution in [3.63, 3.8) is 0 Å². The maximum atomic E-state index is 5.23. The highest BCUT2D eigenvalue weighted by Crippen LogP contribution is 2.25. The fourth-order valence-electron chi connectivity index (χ4n) is 3.03. The van der Waals surface area contributed by atoms with Crippen molar-refractivity contribution in [2.24, 2.45) is 0 Å². The van der Waals surface area contributed by atoms with Gasteiger partial charge in [0.1, 0.15) is 0 Å². The maximum Gasteiger partial charge on any atom is 0.0535 e. The van der Waals surface area contributed by atoms with E-state index in [-0.39, 0.29) is 5.54 Å². The standard InChI is InChI=1S/C17H28N2O/c1-15(10-13-20-3)19-12-7-11-18-17(2,14-19)16-8-5-4-6-9-16/h4-6,8-9,15,18H,7,10-14H2,1-3H3. The van der Waals surface area contributed by atoms with Crippen molar-refractivity contribution in [2.45, 2.75) is 38.3 Å². The Kier molecular flexibility index (Phi) is 5.58. The van der Waals surface area contributed by atoms with Gasteiger partial charge in [-0.1, -0.05) is 30.3 Å². The normalized spacial score (nSPS) is 26.1. The summed E-state index contributed by atoms with van der Waals surface area (Å²) in [6.45, 7) is 8.79. The van der Waals surface area contributed by atoms with Gasteiger partial charge in [0.15, 0.2) is 0 Å². The molecule has 0 aliphatic carbocycles. The number of methoxy groups -OCH3 is 1. The van der Waals surface area contributed by atoms with Gasteiger partial charge in [0.25, 0.3) is 0 Å². The second-order valence-electron chi connectivity index (χ2n) is 6.08. The molecular formula is C17H28N2O. The average Bonchev–Trinajstić information content (AvgIpc) is 2.69. The summed E-state index contributed by atoms with van der Waals surface area (Å²) in [6, 6.07) is 11.4. The second-order valence-corrected chi connectivity index (χ2v) is 6.08. The monoisotopic (exact) mass is 276 g/mol. The largest absolute Gasteiger partial charge is 0.385 e. The average molecular weight is 276 g/mol. The van der Waals surface area contributed by atoms with Gasteiger partial charge in [-0.2, -0.15) is 0 Å². The summed E-state index contributed by atoms with van der Waals surface area (Å²) in [7, 11) is 1.78. The van der Waals surface area contributed by atoms with Crippen molar-refractivity contribution in [2.75, 3.05) is 33.4 Å². The van der Waals surface area contributed by atoms with Gasteiger partial charge in [0.05, 0.1) is 5.54 Å². The molecule has 20 heavy (non-hydrogen) atoms. The Hall–Kier alpha value is -0.900. The first kappa shape index (κ1) is 15.5. The van der Waals surface area contributed by atoms with Gasteiger partial charge in [0.2, 0.25) is 0 Å². The number of rotatable bonds is 5. The van der Waals surface area contributed by atoms with Crippen molar-refractivity contribution in [1.29, 1.82) is 0 Å². The minimum atomic E-state index is 0.0408. The van der Waals surface area contributed by atoms with Crippen LogP contribution in [0.25, 0.3) is 0 Å². The highest BCUT2D eigenvalue weighted by Gasteiger charge is 2.32. The van der Waals surface area contributed by atoms with Crippen LogP contribution in [-0.4, -0.2) is 44.3 Å². The number of benzene rings is 1. The molecule has 112 valence electrons. The van der Waals surface area contributed by atoms with Crippen LogP contribution in [0.3, 0.4) is 0 Å². The number of ether oxygens (including phenoxy) is 1. The van der Waals surface area contributed by atoms with Gasteiger partial charge < -0.3 is 10.1 Å². The van der Waals surface area contributed by atoms with Gasteiger partial charge in [-0.3, -0.25) is 4.90 Å². The molecule has 2 atom stereocenters. The molecule has 0 saturated carbocycles. The fraction of sp³-hybridized carbons (Fsp3) is 0.647. The van der Waals surface area contributed by atoms with Crippen molar-refractivity contribution in [3.05, 3.63) is 35.9 Å². The first-order valence-electron chi connectivity index (χ1n) is 7.69. The van der Waals surface area contributed by atoms with Gasteiger partial charge >= 0.3 is 0 Å². The van der Waals surface area contributed by atoms with E-state index >= 15 is 0 Å². The van der Waals surface area contributed by atoms with Crippen LogP contribution >= 0.6 is 0 Å². The number of nitrogens with one attached hydrogen (secondary N) is 1. The van der Waals surface area contributed by atoms with E-state index in [1.165, 1.54) is 18.5 Å². The third-order valence-electron chi connectivity index (χ3n) is 4.43.